The first-order valence-electron chi connectivity index (χ1n) is 9.12. The summed E-state index contributed by atoms with van der Waals surface area (Å²) in [6.45, 7) is -2.59. The van der Waals surface area contributed by atoms with E-state index in [4.69, 9.17) is 19.7 Å². The Hall–Kier alpha value is -1.46. The molecule has 1 aliphatic rings. The Morgan fingerprint density at radius 2 is 1.60 bits per heavy atom. The van der Waals surface area contributed by atoms with E-state index in [0.29, 0.717) is 0 Å². The van der Waals surface area contributed by atoms with Gasteiger partial charge in [-0.2, -0.15) is 0 Å². The number of aliphatic carboxylic acids is 1. The number of nitrogens with one attached hydrogen (secondary N) is 1. The summed E-state index contributed by atoms with van der Waals surface area (Å²) in [7, 11) is 0. The number of amides is 1. The monoisotopic (exact) mass is 443 g/mol. The van der Waals surface area contributed by atoms with Gasteiger partial charge in [0.2, 0.25) is 5.91 Å². The van der Waals surface area contributed by atoms with Crippen molar-refractivity contribution in [1.29, 1.82) is 0 Å². The summed E-state index contributed by atoms with van der Waals surface area (Å²) in [5, 5.41) is 88.5. The third-order valence-corrected chi connectivity index (χ3v) is 4.56. The molecule has 0 aromatic heterocycles. The van der Waals surface area contributed by atoms with Crippen molar-refractivity contribution in [3.63, 3.8) is 0 Å². The minimum absolute atomic E-state index is 0.475. The first kappa shape index (κ1) is 26.6. The number of carboxylic acids is 1. The fourth-order valence-corrected chi connectivity index (χ4v) is 2.81. The number of hydrogen-bond acceptors (Lipinski definition) is 12. The van der Waals surface area contributed by atoms with E-state index < -0.39 is 99.6 Å². The Balaban J connectivity index is 3.03. The van der Waals surface area contributed by atoms with Gasteiger partial charge in [0.1, 0.15) is 42.7 Å². The quantitative estimate of drug-likeness (QED) is 0.135. The largest absolute Gasteiger partial charge is 0.481 e. The van der Waals surface area contributed by atoms with Crippen molar-refractivity contribution < 1.29 is 65.0 Å². The average molecular weight is 443 g/mol. The van der Waals surface area contributed by atoms with Gasteiger partial charge in [-0.25, -0.2) is 0 Å². The molecule has 0 aromatic rings. The molecule has 0 aliphatic carbocycles. The summed E-state index contributed by atoms with van der Waals surface area (Å²) in [6, 6.07) is -1.46. The van der Waals surface area contributed by atoms with Crippen LogP contribution in [0.4, 0.5) is 0 Å². The molecule has 1 saturated heterocycles. The molecule has 0 saturated carbocycles. The van der Waals surface area contributed by atoms with Gasteiger partial charge in [-0.05, 0) is 0 Å². The zero-order valence-electron chi connectivity index (χ0n) is 15.9. The molecular formula is C16H29NO13. The fraction of sp³-hybridized carbons (Fsp3) is 0.875. The van der Waals surface area contributed by atoms with Crippen LogP contribution in [-0.4, -0.2) is 133 Å². The van der Waals surface area contributed by atoms with Crippen LogP contribution in [0.25, 0.3) is 0 Å². The van der Waals surface area contributed by atoms with Crippen LogP contribution in [0.15, 0.2) is 0 Å². The van der Waals surface area contributed by atoms with Crippen LogP contribution in [0.5, 0.6) is 0 Å². The van der Waals surface area contributed by atoms with Gasteiger partial charge in [-0.15, -0.1) is 0 Å². The van der Waals surface area contributed by atoms with E-state index in [-0.39, 0.29) is 0 Å². The molecule has 0 radical (unpaired) electrons. The summed E-state index contributed by atoms with van der Waals surface area (Å²) < 4.78 is 10.5. The van der Waals surface area contributed by atoms with E-state index in [9.17, 15) is 45.3 Å². The van der Waals surface area contributed by atoms with Gasteiger partial charge in [-0.3, -0.25) is 9.59 Å². The molecule has 30 heavy (non-hydrogen) atoms. The lowest BCUT2D eigenvalue weighted by molar-refractivity contribution is -0.322. The topological polar surface area (TPSA) is 247 Å². The maximum Gasteiger partial charge on any atom is 0.303 e. The second-order valence-corrected chi connectivity index (χ2v) is 6.79. The number of rotatable bonds is 12. The van der Waals surface area contributed by atoms with Gasteiger partial charge in [0.05, 0.1) is 32.3 Å². The van der Waals surface area contributed by atoms with Crippen LogP contribution in [0, 0.1) is 0 Å². The molecule has 0 unspecified atom stereocenters. The van der Waals surface area contributed by atoms with Gasteiger partial charge >= 0.3 is 5.97 Å². The molecule has 176 valence electrons. The molecule has 1 aliphatic heterocycles. The predicted octanol–water partition coefficient (Wildman–Crippen LogP) is -5.77. The number of carbonyl (C=O) groups is 2. The Morgan fingerprint density at radius 3 is 2.10 bits per heavy atom. The second kappa shape index (κ2) is 12.4. The highest BCUT2D eigenvalue weighted by molar-refractivity contribution is 5.80. The molecule has 0 spiro atoms. The number of aliphatic hydroxyl groups excluding tert-OH is 8. The lowest BCUT2D eigenvalue weighted by atomic mass is 9.98. The maximum absolute atomic E-state index is 11.9. The normalized spacial score (nSPS) is 30.9. The summed E-state index contributed by atoms with van der Waals surface area (Å²) in [5.41, 5.74) is 0. The summed E-state index contributed by atoms with van der Waals surface area (Å²) in [4.78, 5) is 22.5. The predicted molar refractivity (Wildman–Crippen MR) is 93.6 cm³/mol. The summed E-state index contributed by atoms with van der Waals surface area (Å²) in [6.07, 6.45) is -15.0. The minimum atomic E-state index is -1.95. The fourth-order valence-electron chi connectivity index (χ4n) is 2.81. The molecule has 14 nitrogen and oxygen atoms in total. The van der Waals surface area contributed by atoms with Crippen molar-refractivity contribution in [2.75, 3.05) is 19.8 Å². The highest BCUT2D eigenvalue weighted by atomic mass is 16.7. The van der Waals surface area contributed by atoms with Crippen molar-refractivity contribution in [3.05, 3.63) is 0 Å². The smallest absolute Gasteiger partial charge is 0.303 e. The molecule has 1 heterocycles. The number of hydrogen-bond donors (Lipinski definition) is 10. The highest BCUT2D eigenvalue weighted by Gasteiger charge is 2.47. The summed E-state index contributed by atoms with van der Waals surface area (Å²) in [5.74, 6) is -2.10. The summed E-state index contributed by atoms with van der Waals surface area (Å²) >= 11 is 0. The number of carboxylic acid groups (broad SMARTS) is 1. The van der Waals surface area contributed by atoms with Crippen LogP contribution in [-0.2, 0) is 19.1 Å². The van der Waals surface area contributed by atoms with Gasteiger partial charge in [0.15, 0.2) is 6.29 Å². The Morgan fingerprint density at radius 1 is 0.967 bits per heavy atom. The Kier molecular flexibility index (Phi) is 11.0. The third kappa shape index (κ3) is 7.05. The lowest BCUT2D eigenvalue weighted by Gasteiger charge is -2.42. The van der Waals surface area contributed by atoms with Crippen LogP contribution >= 0.6 is 0 Å². The van der Waals surface area contributed by atoms with E-state index in [0.717, 1.165) is 0 Å². The average Bonchev–Trinajstić information content (AvgIpc) is 2.73. The molecule has 0 aromatic carbocycles. The van der Waals surface area contributed by atoms with Crippen molar-refractivity contribution in [2.24, 2.45) is 0 Å². The molecule has 1 amide bonds. The van der Waals surface area contributed by atoms with Crippen LogP contribution in [0.1, 0.15) is 12.8 Å². The molecule has 10 N–H and O–H groups in total. The van der Waals surface area contributed by atoms with E-state index in [1.165, 1.54) is 0 Å². The van der Waals surface area contributed by atoms with Gasteiger partial charge in [0.25, 0.3) is 0 Å². The van der Waals surface area contributed by atoms with Crippen molar-refractivity contribution in [2.45, 2.75) is 67.9 Å². The second-order valence-electron chi connectivity index (χ2n) is 6.79. The Bertz CT molecular complexity index is 547. The highest BCUT2D eigenvalue weighted by Crippen LogP contribution is 2.25. The van der Waals surface area contributed by atoms with E-state index in [1.807, 2.05) is 0 Å². The molecule has 1 fully saturated rings. The zero-order chi connectivity index (χ0) is 23.0. The molecule has 1 rings (SSSR count). The van der Waals surface area contributed by atoms with Crippen LogP contribution < -0.4 is 5.32 Å². The zero-order valence-corrected chi connectivity index (χ0v) is 15.9. The number of carbonyl (C=O) groups excluding carboxylic acids is 1. The molecule has 9 atom stereocenters. The lowest BCUT2D eigenvalue weighted by Crippen LogP contribution is -2.63. The maximum atomic E-state index is 11.9. The molecule has 14 heteroatoms. The number of aliphatic hydroxyl groups is 8. The molecular weight excluding hydrogens is 414 g/mol. The van der Waals surface area contributed by atoms with Crippen molar-refractivity contribution in [3.8, 4) is 0 Å². The standard InChI is InChI=1S/C16H29NO13/c18-3-6(17-9(22)1-2-10(23)24)15(11(25)7(21)4-19)30-16-14(28)13(27)12(26)8(5-20)29-16/h6-8,11-16,18-21,25-28H,1-5H2,(H,17,22)(H,23,24)/t6-,7+,8+,11-,12-,13-,14+,15+,16-/m0/s1. The SMILES string of the molecule is O=C(O)CCC(=O)N[C@@H](CO)[C@@H](O[C@@H]1O[C@H](CO)[C@H](O)[C@H](O)[C@H]1O)[C@@H](O)[C@H](O)CO. The van der Waals surface area contributed by atoms with Crippen LogP contribution in [0.3, 0.4) is 0 Å². The first-order chi connectivity index (χ1) is 14.1. The first-order valence-corrected chi connectivity index (χ1v) is 9.12. The Labute approximate surface area is 170 Å². The minimum Gasteiger partial charge on any atom is -0.481 e. The van der Waals surface area contributed by atoms with Gasteiger partial charge in [-0.1, -0.05) is 0 Å². The van der Waals surface area contributed by atoms with E-state index in [1.54, 1.807) is 0 Å². The third-order valence-electron chi connectivity index (χ3n) is 4.56. The van der Waals surface area contributed by atoms with Gasteiger partial charge < -0.3 is 60.7 Å². The molecule has 0 bridgehead atoms. The van der Waals surface area contributed by atoms with Crippen molar-refractivity contribution in [1.82, 2.24) is 5.32 Å². The van der Waals surface area contributed by atoms with Crippen molar-refractivity contribution >= 4 is 11.9 Å². The van der Waals surface area contributed by atoms with E-state index >= 15 is 0 Å². The number of ether oxygens (including phenoxy) is 2. The van der Waals surface area contributed by atoms with Gasteiger partial charge in [0, 0.05) is 6.42 Å². The van der Waals surface area contributed by atoms with Crippen LogP contribution in [0.2, 0.25) is 0 Å². The van der Waals surface area contributed by atoms with E-state index in [2.05, 4.69) is 5.32 Å².